The molecular weight excluding hydrogens is 382 g/mol. The van der Waals surface area contributed by atoms with Crippen molar-refractivity contribution in [1.29, 1.82) is 0 Å². The molecular formula is C19H18F2N6O2. The van der Waals surface area contributed by atoms with Gasteiger partial charge in [0.15, 0.2) is 23.1 Å². The lowest BCUT2D eigenvalue weighted by molar-refractivity contribution is -0.148. The van der Waals surface area contributed by atoms with E-state index in [1.807, 2.05) is 0 Å². The van der Waals surface area contributed by atoms with Crippen LogP contribution in [-0.4, -0.2) is 42.3 Å². The number of hydrogen-bond donors (Lipinski definition) is 3. The largest absolute Gasteiger partial charge is 0.481 e. The third-order valence-electron chi connectivity index (χ3n) is 6.15. The molecule has 0 saturated heterocycles. The third-order valence-corrected chi connectivity index (χ3v) is 6.15. The van der Waals surface area contributed by atoms with Crippen LogP contribution in [0.5, 0.6) is 0 Å². The van der Waals surface area contributed by atoms with Crippen molar-refractivity contribution in [3.8, 4) is 11.5 Å². The van der Waals surface area contributed by atoms with Crippen molar-refractivity contribution >= 4 is 22.8 Å². The summed E-state index contributed by atoms with van der Waals surface area (Å²) >= 11 is 0. The van der Waals surface area contributed by atoms with Gasteiger partial charge in [0, 0.05) is 6.04 Å². The van der Waals surface area contributed by atoms with Crippen LogP contribution in [0.1, 0.15) is 25.7 Å². The van der Waals surface area contributed by atoms with Gasteiger partial charge < -0.3 is 10.4 Å². The fourth-order valence-corrected chi connectivity index (χ4v) is 4.80. The highest BCUT2D eigenvalue weighted by atomic mass is 19.1. The molecule has 3 aliphatic carbocycles. The number of anilines is 1. The second-order valence-electron chi connectivity index (χ2n) is 7.72. The Hall–Kier alpha value is -3.17. The molecule has 2 bridgehead atoms. The predicted octanol–water partition coefficient (Wildman–Crippen LogP) is 2.99. The number of aromatic nitrogens is 5. The molecule has 0 amide bonds. The number of aliphatic carboxylic acids is 1. The molecule has 3 aromatic heterocycles. The molecule has 3 heterocycles. The molecule has 3 aromatic rings. The van der Waals surface area contributed by atoms with E-state index in [1.54, 1.807) is 0 Å². The molecule has 0 radical (unpaired) electrons. The van der Waals surface area contributed by atoms with Gasteiger partial charge in [0.25, 0.3) is 0 Å². The fraction of sp³-hybridized carbons (Fsp3) is 0.421. The molecule has 6 rings (SSSR count). The maximum atomic E-state index is 14.5. The second-order valence-corrected chi connectivity index (χ2v) is 7.72. The van der Waals surface area contributed by atoms with Crippen LogP contribution >= 0.6 is 0 Å². The minimum absolute atomic E-state index is 0.0701. The monoisotopic (exact) mass is 400 g/mol. The molecule has 2 atom stereocenters. The lowest BCUT2D eigenvalue weighted by Gasteiger charge is -2.47. The molecule has 3 fully saturated rings. The van der Waals surface area contributed by atoms with Crippen LogP contribution in [0.15, 0.2) is 18.5 Å². The Morgan fingerprint density at radius 1 is 1.14 bits per heavy atom. The van der Waals surface area contributed by atoms with Crippen molar-refractivity contribution in [1.82, 2.24) is 25.1 Å². The lowest BCUT2D eigenvalue weighted by atomic mass is 9.61. The number of halogens is 2. The normalized spacial score (nSPS) is 26.0. The molecule has 0 spiro atoms. The highest BCUT2D eigenvalue weighted by Crippen LogP contribution is 2.46. The molecule has 3 saturated carbocycles. The molecule has 1 unspecified atom stereocenters. The maximum absolute atomic E-state index is 14.5. The van der Waals surface area contributed by atoms with Gasteiger partial charge in [0.2, 0.25) is 0 Å². The van der Waals surface area contributed by atoms with Crippen LogP contribution in [0.2, 0.25) is 0 Å². The number of carboxylic acid groups (broad SMARTS) is 1. The predicted molar refractivity (Wildman–Crippen MR) is 98.8 cm³/mol. The summed E-state index contributed by atoms with van der Waals surface area (Å²) < 4.78 is 28.1. The Labute approximate surface area is 163 Å². The zero-order valence-corrected chi connectivity index (χ0v) is 15.3. The van der Waals surface area contributed by atoms with Gasteiger partial charge in [-0.05, 0) is 43.6 Å². The average molecular weight is 400 g/mol. The van der Waals surface area contributed by atoms with E-state index >= 15 is 0 Å². The summed E-state index contributed by atoms with van der Waals surface area (Å²) in [6.45, 7) is 0. The Morgan fingerprint density at radius 3 is 2.66 bits per heavy atom. The number of rotatable bonds is 4. The highest BCUT2D eigenvalue weighted by Gasteiger charge is 2.47. The number of carboxylic acids is 1. The number of nitrogens with zero attached hydrogens (tertiary/aromatic N) is 4. The van der Waals surface area contributed by atoms with Gasteiger partial charge in [-0.1, -0.05) is 0 Å². The van der Waals surface area contributed by atoms with E-state index in [-0.39, 0.29) is 29.2 Å². The summed E-state index contributed by atoms with van der Waals surface area (Å²) in [6.07, 6.45) is 5.67. The van der Waals surface area contributed by atoms with Crippen molar-refractivity contribution in [2.75, 3.05) is 5.32 Å². The zero-order valence-electron chi connectivity index (χ0n) is 15.3. The Kier molecular flexibility index (Phi) is 4.14. The SMILES string of the molecule is O=C(O)[C@H]1C2CCC(CC2)C1Nc1nc(-c2n[nH]c3ncc(F)cc23)ncc1F. The Balaban J connectivity index is 1.51. The first kappa shape index (κ1) is 17.9. The number of carbonyl (C=O) groups is 1. The second kappa shape index (κ2) is 6.71. The molecule has 3 aliphatic rings. The van der Waals surface area contributed by atoms with Crippen LogP contribution in [0, 0.1) is 29.4 Å². The molecule has 29 heavy (non-hydrogen) atoms. The minimum Gasteiger partial charge on any atom is -0.481 e. The van der Waals surface area contributed by atoms with E-state index in [9.17, 15) is 18.7 Å². The molecule has 8 nitrogen and oxygen atoms in total. The number of H-pyrrole nitrogens is 1. The number of nitrogens with one attached hydrogen (secondary N) is 2. The molecule has 0 aromatic carbocycles. The van der Waals surface area contributed by atoms with Crippen molar-refractivity contribution in [2.24, 2.45) is 17.8 Å². The summed E-state index contributed by atoms with van der Waals surface area (Å²) in [5.41, 5.74) is 0.606. The number of fused-ring (bicyclic) bond motifs is 4. The third kappa shape index (κ3) is 2.99. The van der Waals surface area contributed by atoms with E-state index in [1.165, 1.54) is 6.07 Å². The van der Waals surface area contributed by atoms with Gasteiger partial charge in [-0.15, -0.1) is 0 Å². The van der Waals surface area contributed by atoms with Crippen molar-refractivity contribution in [3.63, 3.8) is 0 Å². The fourth-order valence-electron chi connectivity index (χ4n) is 4.80. The standard InChI is InChI=1S/C19H18F2N6O2/c20-10-5-11-15(26-27-16(11)22-6-10)18-23-7-12(21)17(25-18)24-14-9-3-1-8(2-4-9)13(14)19(28)29/h5-9,13-14H,1-4H2,(H,28,29)(H,22,26,27)(H,23,24,25)/t8?,9?,13-,14?/m0/s1. The van der Waals surface area contributed by atoms with Gasteiger partial charge in [0.1, 0.15) is 11.5 Å². The van der Waals surface area contributed by atoms with Crippen molar-refractivity contribution < 1.29 is 18.7 Å². The molecule has 0 aliphatic heterocycles. The average Bonchev–Trinajstić information content (AvgIpc) is 3.13. The van der Waals surface area contributed by atoms with Gasteiger partial charge in [-0.3, -0.25) is 9.89 Å². The topological polar surface area (TPSA) is 117 Å². The first-order valence-electron chi connectivity index (χ1n) is 9.53. The molecule has 150 valence electrons. The van der Waals surface area contributed by atoms with Crippen LogP contribution in [0.3, 0.4) is 0 Å². The highest BCUT2D eigenvalue weighted by molar-refractivity contribution is 5.88. The summed E-state index contributed by atoms with van der Waals surface area (Å²) in [5.74, 6) is -2.39. The van der Waals surface area contributed by atoms with E-state index in [4.69, 9.17) is 0 Å². The molecule has 3 N–H and O–H groups in total. The van der Waals surface area contributed by atoms with Gasteiger partial charge in [-0.25, -0.2) is 23.7 Å². The van der Waals surface area contributed by atoms with E-state index < -0.39 is 29.6 Å². The van der Waals surface area contributed by atoms with Crippen molar-refractivity contribution in [2.45, 2.75) is 31.7 Å². The van der Waals surface area contributed by atoms with E-state index in [0.29, 0.717) is 11.0 Å². The van der Waals surface area contributed by atoms with E-state index in [2.05, 4.69) is 30.5 Å². The number of pyridine rings is 1. The maximum Gasteiger partial charge on any atom is 0.308 e. The Bertz CT molecular complexity index is 1100. The summed E-state index contributed by atoms with van der Waals surface area (Å²) in [4.78, 5) is 24.0. The summed E-state index contributed by atoms with van der Waals surface area (Å²) in [6, 6.07) is 0.855. The zero-order chi connectivity index (χ0) is 20.1. The lowest BCUT2D eigenvalue weighted by Crippen LogP contribution is -2.51. The van der Waals surface area contributed by atoms with Crippen LogP contribution in [-0.2, 0) is 4.79 Å². The van der Waals surface area contributed by atoms with Crippen LogP contribution in [0.4, 0.5) is 14.6 Å². The Morgan fingerprint density at radius 2 is 1.90 bits per heavy atom. The number of hydrogen-bond acceptors (Lipinski definition) is 6. The van der Waals surface area contributed by atoms with Gasteiger partial charge in [-0.2, -0.15) is 5.10 Å². The van der Waals surface area contributed by atoms with Crippen molar-refractivity contribution in [3.05, 3.63) is 30.1 Å². The summed E-state index contributed by atoms with van der Waals surface area (Å²) in [5, 5.41) is 19.9. The smallest absolute Gasteiger partial charge is 0.308 e. The first-order valence-corrected chi connectivity index (χ1v) is 9.53. The minimum atomic E-state index is -0.869. The first-order chi connectivity index (χ1) is 14.0. The number of aromatic amines is 1. The van der Waals surface area contributed by atoms with Gasteiger partial charge in [0.05, 0.1) is 23.7 Å². The van der Waals surface area contributed by atoms with Crippen LogP contribution in [0.25, 0.3) is 22.6 Å². The molecule has 10 heteroatoms. The van der Waals surface area contributed by atoms with E-state index in [0.717, 1.165) is 38.1 Å². The summed E-state index contributed by atoms with van der Waals surface area (Å²) in [7, 11) is 0. The quantitative estimate of drug-likeness (QED) is 0.616. The van der Waals surface area contributed by atoms with Crippen LogP contribution < -0.4 is 5.32 Å². The van der Waals surface area contributed by atoms with Gasteiger partial charge >= 0.3 is 5.97 Å².